The van der Waals surface area contributed by atoms with Gasteiger partial charge >= 0.3 is 0 Å². The zero-order valence-corrected chi connectivity index (χ0v) is 9.45. The van der Waals surface area contributed by atoms with Crippen LogP contribution in [-0.4, -0.2) is 6.26 Å². The molecule has 0 N–H and O–H groups in total. The summed E-state index contributed by atoms with van der Waals surface area (Å²) in [5.74, 6) is 0.719. The van der Waals surface area contributed by atoms with Gasteiger partial charge in [-0.3, -0.25) is 0 Å². The van der Waals surface area contributed by atoms with Crippen molar-refractivity contribution < 1.29 is 0 Å². The Morgan fingerprint density at radius 1 is 1.31 bits per heavy atom. The van der Waals surface area contributed by atoms with E-state index < -0.39 is 0 Å². The van der Waals surface area contributed by atoms with Crippen molar-refractivity contribution in [2.45, 2.75) is 25.2 Å². The van der Waals surface area contributed by atoms with Crippen LogP contribution in [0, 0.1) is 12.8 Å². The van der Waals surface area contributed by atoms with Crippen molar-refractivity contribution in [2.75, 3.05) is 6.26 Å². The topological polar surface area (TPSA) is 0 Å². The fourth-order valence-electron chi connectivity index (χ4n) is 1.44. The lowest BCUT2D eigenvalue weighted by molar-refractivity contribution is 0.646. The summed E-state index contributed by atoms with van der Waals surface area (Å²) in [5.41, 5.74) is 2.54. The van der Waals surface area contributed by atoms with Crippen molar-refractivity contribution in [2.24, 2.45) is 5.92 Å². The van der Waals surface area contributed by atoms with Crippen LogP contribution in [0.2, 0.25) is 0 Å². The van der Waals surface area contributed by atoms with Crippen LogP contribution < -0.4 is 0 Å². The molecular weight excluding hydrogens is 176 g/mol. The highest BCUT2D eigenvalue weighted by Crippen LogP contribution is 2.20. The third-order valence-electron chi connectivity index (χ3n) is 1.91. The van der Waals surface area contributed by atoms with Crippen LogP contribution in [0.4, 0.5) is 0 Å². The highest BCUT2D eigenvalue weighted by molar-refractivity contribution is 7.98. The van der Waals surface area contributed by atoms with E-state index in [1.807, 2.05) is 0 Å². The monoisotopic (exact) mass is 193 g/mol. The average molecular weight is 193 g/mol. The largest absolute Gasteiger partial charge is 0.130 e. The molecule has 0 aliphatic heterocycles. The Bertz CT molecular complexity index is 276. The third kappa shape index (κ3) is 3.43. The molecule has 0 aromatic heterocycles. The second kappa shape index (κ2) is 4.71. The number of thioether (sulfide) groups is 1. The van der Waals surface area contributed by atoms with Crippen LogP contribution in [0.15, 0.2) is 23.1 Å². The van der Waals surface area contributed by atoms with Gasteiger partial charge in [0.2, 0.25) is 0 Å². The first-order valence-corrected chi connectivity index (χ1v) is 5.84. The van der Waals surface area contributed by atoms with E-state index in [-0.39, 0.29) is 0 Å². The predicted molar refractivity (Wildman–Crippen MR) is 61.2 cm³/mol. The SMILES string of the molecule is [CH2]c1cc(CC(C)C)cc(SC)c1. The summed E-state index contributed by atoms with van der Waals surface area (Å²) in [6.45, 7) is 8.47. The molecule has 1 rings (SSSR count). The molecule has 1 aromatic rings. The standard InChI is InChI=1S/C12H17S/c1-9(2)5-11-6-10(3)7-12(8-11)13-4/h6-9H,3,5H2,1-2,4H3. The molecule has 1 radical (unpaired) electrons. The van der Waals surface area contributed by atoms with Gasteiger partial charge in [-0.15, -0.1) is 11.8 Å². The number of hydrogen-bond donors (Lipinski definition) is 0. The van der Waals surface area contributed by atoms with Crippen molar-refractivity contribution >= 4 is 11.8 Å². The molecule has 0 nitrogen and oxygen atoms in total. The van der Waals surface area contributed by atoms with E-state index in [0.29, 0.717) is 0 Å². The summed E-state index contributed by atoms with van der Waals surface area (Å²) in [4.78, 5) is 1.32. The highest BCUT2D eigenvalue weighted by atomic mass is 32.2. The second-order valence-corrected chi connectivity index (χ2v) is 4.67. The Morgan fingerprint density at radius 3 is 2.54 bits per heavy atom. The molecule has 0 heterocycles. The van der Waals surface area contributed by atoms with Gasteiger partial charge in [-0.2, -0.15) is 0 Å². The van der Waals surface area contributed by atoms with E-state index in [9.17, 15) is 0 Å². The fourth-order valence-corrected chi connectivity index (χ4v) is 1.97. The molecule has 0 saturated heterocycles. The predicted octanol–water partition coefficient (Wildman–Crippen LogP) is 3.79. The van der Waals surface area contributed by atoms with Gasteiger partial charge in [0.15, 0.2) is 0 Å². The van der Waals surface area contributed by atoms with Gasteiger partial charge in [0.25, 0.3) is 0 Å². The zero-order chi connectivity index (χ0) is 9.84. The molecule has 1 aromatic carbocycles. The van der Waals surface area contributed by atoms with Crippen molar-refractivity contribution in [1.29, 1.82) is 0 Å². The lowest BCUT2D eigenvalue weighted by Crippen LogP contribution is -1.94. The van der Waals surface area contributed by atoms with E-state index in [2.05, 4.69) is 45.2 Å². The first-order valence-electron chi connectivity index (χ1n) is 4.61. The molecular formula is C12H17S. The Hall–Kier alpha value is -0.430. The molecule has 0 atom stereocenters. The summed E-state index contributed by atoms with van der Waals surface area (Å²) >= 11 is 1.78. The summed E-state index contributed by atoms with van der Waals surface area (Å²) in [5, 5.41) is 0. The molecule has 0 bridgehead atoms. The van der Waals surface area contributed by atoms with Crippen LogP contribution in [0.25, 0.3) is 0 Å². The molecule has 0 fully saturated rings. The van der Waals surface area contributed by atoms with Crippen LogP contribution in [0.5, 0.6) is 0 Å². The minimum Gasteiger partial charge on any atom is -0.130 e. The van der Waals surface area contributed by atoms with Crippen molar-refractivity contribution in [3.8, 4) is 0 Å². The fraction of sp³-hybridized carbons (Fsp3) is 0.417. The molecule has 0 amide bonds. The summed E-state index contributed by atoms with van der Waals surface area (Å²) in [6.07, 6.45) is 3.25. The van der Waals surface area contributed by atoms with E-state index in [0.717, 1.165) is 17.9 Å². The molecule has 0 unspecified atom stereocenters. The lowest BCUT2D eigenvalue weighted by Gasteiger charge is -2.07. The smallest absolute Gasteiger partial charge is 0.00746 e. The first-order chi connectivity index (χ1) is 6.11. The number of hydrogen-bond acceptors (Lipinski definition) is 1. The summed E-state index contributed by atoms with van der Waals surface area (Å²) in [6, 6.07) is 6.58. The number of rotatable bonds is 3. The highest BCUT2D eigenvalue weighted by Gasteiger charge is 2.00. The van der Waals surface area contributed by atoms with E-state index in [1.165, 1.54) is 10.5 Å². The first kappa shape index (κ1) is 10.6. The maximum atomic E-state index is 3.98. The van der Waals surface area contributed by atoms with Gasteiger partial charge in [0.1, 0.15) is 0 Å². The Balaban J connectivity index is 2.88. The van der Waals surface area contributed by atoms with Gasteiger partial charge in [-0.05, 0) is 48.8 Å². The lowest BCUT2D eigenvalue weighted by atomic mass is 10.0. The molecule has 1 heteroatoms. The Kier molecular flexibility index (Phi) is 3.86. The second-order valence-electron chi connectivity index (χ2n) is 3.79. The normalized spacial score (nSPS) is 10.8. The van der Waals surface area contributed by atoms with Crippen LogP contribution in [0.1, 0.15) is 25.0 Å². The van der Waals surface area contributed by atoms with Crippen LogP contribution in [-0.2, 0) is 6.42 Å². The van der Waals surface area contributed by atoms with E-state index >= 15 is 0 Å². The van der Waals surface area contributed by atoms with Crippen LogP contribution >= 0.6 is 11.8 Å². The van der Waals surface area contributed by atoms with Gasteiger partial charge < -0.3 is 0 Å². The third-order valence-corrected chi connectivity index (χ3v) is 2.61. The summed E-state index contributed by atoms with van der Waals surface area (Å²) < 4.78 is 0. The Morgan fingerprint density at radius 2 is 2.00 bits per heavy atom. The number of benzene rings is 1. The van der Waals surface area contributed by atoms with Crippen molar-refractivity contribution in [3.05, 3.63) is 36.2 Å². The maximum Gasteiger partial charge on any atom is 0.00746 e. The van der Waals surface area contributed by atoms with Gasteiger partial charge in [-0.25, -0.2) is 0 Å². The molecule has 71 valence electrons. The van der Waals surface area contributed by atoms with Gasteiger partial charge in [0.05, 0.1) is 0 Å². The molecule has 0 saturated carbocycles. The minimum atomic E-state index is 0.719. The summed E-state index contributed by atoms with van der Waals surface area (Å²) in [7, 11) is 0. The van der Waals surface area contributed by atoms with Gasteiger partial charge in [-0.1, -0.05) is 19.9 Å². The molecule has 0 spiro atoms. The molecule has 0 aliphatic rings. The maximum absolute atomic E-state index is 3.98. The zero-order valence-electron chi connectivity index (χ0n) is 8.63. The quantitative estimate of drug-likeness (QED) is 0.658. The Labute approximate surface area is 85.7 Å². The molecule has 0 aliphatic carbocycles. The van der Waals surface area contributed by atoms with Crippen molar-refractivity contribution in [3.63, 3.8) is 0 Å². The minimum absolute atomic E-state index is 0.719. The van der Waals surface area contributed by atoms with E-state index in [4.69, 9.17) is 0 Å². The average Bonchev–Trinajstić information content (AvgIpc) is 2.01. The van der Waals surface area contributed by atoms with Gasteiger partial charge in [0, 0.05) is 4.90 Å². The van der Waals surface area contributed by atoms with E-state index in [1.54, 1.807) is 11.8 Å². The van der Waals surface area contributed by atoms with Crippen molar-refractivity contribution in [1.82, 2.24) is 0 Å². The van der Waals surface area contributed by atoms with Crippen LogP contribution in [0.3, 0.4) is 0 Å². The molecule has 13 heavy (non-hydrogen) atoms.